The van der Waals surface area contributed by atoms with Crippen LogP contribution in [0.3, 0.4) is 0 Å². The molecule has 1 amide bonds. The second-order valence-electron chi connectivity index (χ2n) is 8.13. The van der Waals surface area contributed by atoms with Crippen molar-refractivity contribution in [2.24, 2.45) is 0 Å². The van der Waals surface area contributed by atoms with Crippen molar-refractivity contribution in [1.29, 1.82) is 0 Å². The molecule has 2 aromatic carbocycles. The molecule has 0 saturated carbocycles. The molecule has 0 aliphatic carbocycles. The Hall–Kier alpha value is -2.90. The maximum Gasteiger partial charge on any atom is 0.295 e. The van der Waals surface area contributed by atoms with Crippen molar-refractivity contribution < 1.29 is 13.9 Å². The summed E-state index contributed by atoms with van der Waals surface area (Å²) in [5, 5.41) is 1.55. The first-order chi connectivity index (χ1) is 15.9. The standard InChI is InChI=1S/C26H31N3O3S/c1-6-28(7-2)12-13-29(26-27-20-15-17(4)14-18(5)24(20)33-26)25(30)22-16-19-10-9-11-21(31-8-3)23(19)32-22/h9-11,14-16H,6-8,12-13H2,1-5H3. The number of likely N-dealkylation sites (N-methyl/N-ethyl adjacent to an activating group) is 1. The van der Waals surface area contributed by atoms with Gasteiger partial charge >= 0.3 is 0 Å². The third kappa shape index (κ3) is 4.75. The Morgan fingerprint density at radius 3 is 2.61 bits per heavy atom. The first-order valence-corrected chi connectivity index (χ1v) is 12.3. The Morgan fingerprint density at radius 1 is 1.09 bits per heavy atom. The first kappa shape index (κ1) is 23.3. The van der Waals surface area contributed by atoms with Gasteiger partial charge in [-0.05, 0) is 63.2 Å². The minimum Gasteiger partial charge on any atom is -0.490 e. The van der Waals surface area contributed by atoms with E-state index in [1.54, 1.807) is 22.3 Å². The van der Waals surface area contributed by atoms with Crippen LogP contribution in [0.2, 0.25) is 0 Å². The summed E-state index contributed by atoms with van der Waals surface area (Å²) in [6.45, 7) is 14.0. The minimum absolute atomic E-state index is 0.186. The third-order valence-corrected chi connectivity index (χ3v) is 7.07. The van der Waals surface area contributed by atoms with Gasteiger partial charge in [0.15, 0.2) is 22.2 Å². The summed E-state index contributed by atoms with van der Waals surface area (Å²) in [7, 11) is 0. The summed E-state index contributed by atoms with van der Waals surface area (Å²) in [5.41, 5.74) is 3.87. The molecule has 0 atom stereocenters. The number of fused-ring (bicyclic) bond motifs is 2. The molecule has 0 unspecified atom stereocenters. The zero-order valence-corrected chi connectivity index (χ0v) is 20.8. The number of thiazole rings is 1. The Balaban J connectivity index is 1.74. The predicted octanol–water partition coefficient (Wildman–Crippen LogP) is 6.05. The van der Waals surface area contributed by atoms with Gasteiger partial charge in [0.1, 0.15) is 0 Å². The third-order valence-electron chi connectivity index (χ3n) is 5.84. The van der Waals surface area contributed by atoms with Crippen LogP contribution in [-0.4, -0.2) is 48.6 Å². The van der Waals surface area contributed by atoms with E-state index in [1.165, 1.54) is 11.1 Å². The molecule has 2 aromatic heterocycles. The lowest BCUT2D eigenvalue weighted by Gasteiger charge is -2.24. The zero-order chi connectivity index (χ0) is 23.5. The molecule has 0 bridgehead atoms. The van der Waals surface area contributed by atoms with Gasteiger partial charge in [0.05, 0.1) is 16.8 Å². The smallest absolute Gasteiger partial charge is 0.295 e. The molecule has 7 heteroatoms. The number of carbonyl (C=O) groups excluding carboxylic acids is 1. The lowest BCUT2D eigenvalue weighted by Crippen LogP contribution is -2.38. The highest BCUT2D eigenvalue weighted by molar-refractivity contribution is 7.22. The van der Waals surface area contributed by atoms with Gasteiger partial charge < -0.3 is 14.1 Å². The van der Waals surface area contributed by atoms with Crippen molar-refractivity contribution in [3.8, 4) is 5.75 Å². The molecule has 33 heavy (non-hydrogen) atoms. The summed E-state index contributed by atoms with van der Waals surface area (Å²) < 4.78 is 12.8. The number of hydrogen-bond donors (Lipinski definition) is 0. The minimum atomic E-state index is -0.186. The quantitative estimate of drug-likeness (QED) is 0.301. The summed E-state index contributed by atoms with van der Waals surface area (Å²) in [4.78, 5) is 22.7. The second-order valence-corrected chi connectivity index (χ2v) is 9.11. The number of amides is 1. The van der Waals surface area contributed by atoms with E-state index in [1.807, 2.05) is 25.1 Å². The monoisotopic (exact) mass is 465 g/mol. The van der Waals surface area contributed by atoms with Crippen LogP contribution in [0, 0.1) is 13.8 Å². The average Bonchev–Trinajstić information content (AvgIpc) is 3.42. The van der Waals surface area contributed by atoms with Crippen LogP contribution < -0.4 is 9.64 Å². The molecule has 4 rings (SSSR count). The number of anilines is 1. The van der Waals surface area contributed by atoms with Crippen molar-refractivity contribution in [2.45, 2.75) is 34.6 Å². The second kappa shape index (κ2) is 9.93. The van der Waals surface area contributed by atoms with E-state index in [0.717, 1.165) is 35.2 Å². The van der Waals surface area contributed by atoms with E-state index in [-0.39, 0.29) is 5.91 Å². The predicted molar refractivity (Wildman–Crippen MR) is 136 cm³/mol. The van der Waals surface area contributed by atoms with Gasteiger partial charge in [0.25, 0.3) is 5.91 Å². The van der Waals surface area contributed by atoms with Crippen LogP contribution in [0.1, 0.15) is 42.5 Å². The molecule has 174 valence electrons. The summed E-state index contributed by atoms with van der Waals surface area (Å²) >= 11 is 1.56. The van der Waals surface area contributed by atoms with Gasteiger partial charge in [-0.1, -0.05) is 43.4 Å². The summed E-state index contributed by atoms with van der Waals surface area (Å²) in [5.74, 6) is 0.757. The number of furan rings is 1. The summed E-state index contributed by atoms with van der Waals surface area (Å²) in [6.07, 6.45) is 0. The molecule has 0 aliphatic heterocycles. The zero-order valence-electron chi connectivity index (χ0n) is 20.0. The number of aromatic nitrogens is 1. The van der Waals surface area contributed by atoms with Gasteiger partial charge in [-0.25, -0.2) is 4.98 Å². The van der Waals surface area contributed by atoms with Crippen molar-refractivity contribution >= 4 is 43.6 Å². The Kier molecular flexibility index (Phi) is 7.00. The van der Waals surface area contributed by atoms with Crippen LogP contribution in [0.5, 0.6) is 5.75 Å². The highest BCUT2D eigenvalue weighted by Crippen LogP contribution is 2.34. The molecule has 4 aromatic rings. The summed E-state index contributed by atoms with van der Waals surface area (Å²) in [6, 6.07) is 11.7. The largest absolute Gasteiger partial charge is 0.490 e. The van der Waals surface area contributed by atoms with Crippen LogP contribution >= 0.6 is 11.3 Å². The fourth-order valence-electron chi connectivity index (χ4n) is 4.09. The van der Waals surface area contributed by atoms with E-state index in [4.69, 9.17) is 14.1 Å². The van der Waals surface area contributed by atoms with Crippen LogP contribution in [0.25, 0.3) is 21.2 Å². The molecular weight excluding hydrogens is 434 g/mol. The molecule has 0 aliphatic rings. The number of para-hydroxylation sites is 1. The molecule has 6 nitrogen and oxygen atoms in total. The van der Waals surface area contributed by atoms with Crippen LogP contribution in [-0.2, 0) is 0 Å². The lowest BCUT2D eigenvalue weighted by atomic mass is 10.1. The van der Waals surface area contributed by atoms with Gasteiger partial charge in [-0.3, -0.25) is 9.69 Å². The Morgan fingerprint density at radius 2 is 1.88 bits per heavy atom. The molecule has 0 N–H and O–H groups in total. The van der Waals surface area contributed by atoms with E-state index >= 15 is 0 Å². The molecule has 0 spiro atoms. The average molecular weight is 466 g/mol. The number of hydrogen-bond acceptors (Lipinski definition) is 6. The molecule has 0 saturated heterocycles. The van der Waals surface area contributed by atoms with Gasteiger partial charge in [0, 0.05) is 18.5 Å². The van der Waals surface area contributed by atoms with E-state index in [2.05, 4.69) is 44.7 Å². The molecular formula is C26H31N3O3S. The number of nitrogens with zero attached hydrogens (tertiary/aromatic N) is 3. The number of ether oxygens (including phenoxy) is 1. The number of aryl methyl sites for hydroxylation is 2. The Bertz CT molecular complexity index is 1270. The number of carbonyl (C=O) groups is 1. The maximum absolute atomic E-state index is 13.7. The van der Waals surface area contributed by atoms with E-state index in [0.29, 0.717) is 35.4 Å². The fourth-order valence-corrected chi connectivity index (χ4v) is 5.13. The van der Waals surface area contributed by atoms with Crippen LogP contribution in [0.15, 0.2) is 40.8 Å². The Labute approximate surface area is 198 Å². The van der Waals surface area contributed by atoms with Crippen molar-refractivity contribution in [2.75, 3.05) is 37.7 Å². The number of rotatable bonds is 9. The fraction of sp³-hybridized carbons (Fsp3) is 0.385. The SMILES string of the molecule is CCOc1cccc2cc(C(=O)N(CCN(CC)CC)c3nc4cc(C)cc(C)c4s3)oc12. The van der Waals surface area contributed by atoms with Crippen molar-refractivity contribution in [1.82, 2.24) is 9.88 Å². The topological polar surface area (TPSA) is 58.8 Å². The van der Waals surface area contributed by atoms with Crippen molar-refractivity contribution in [3.63, 3.8) is 0 Å². The normalized spacial score (nSPS) is 11.6. The first-order valence-electron chi connectivity index (χ1n) is 11.5. The highest BCUT2D eigenvalue weighted by atomic mass is 32.1. The highest BCUT2D eigenvalue weighted by Gasteiger charge is 2.26. The molecule has 2 heterocycles. The van der Waals surface area contributed by atoms with E-state index < -0.39 is 0 Å². The van der Waals surface area contributed by atoms with Crippen LogP contribution in [0.4, 0.5) is 5.13 Å². The molecule has 0 fully saturated rings. The van der Waals surface area contributed by atoms with E-state index in [9.17, 15) is 4.79 Å². The van der Waals surface area contributed by atoms with Crippen molar-refractivity contribution in [3.05, 3.63) is 53.3 Å². The van der Waals surface area contributed by atoms with Gasteiger partial charge in [0.2, 0.25) is 0 Å². The molecule has 0 radical (unpaired) electrons. The van der Waals surface area contributed by atoms with Gasteiger partial charge in [-0.15, -0.1) is 0 Å². The van der Waals surface area contributed by atoms with Gasteiger partial charge in [-0.2, -0.15) is 0 Å². The number of benzene rings is 2. The lowest BCUT2D eigenvalue weighted by molar-refractivity contribution is 0.0959. The maximum atomic E-state index is 13.7.